The smallest absolute Gasteiger partial charge is 0.268 e. The van der Waals surface area contributed by atoms with Crippen molar-refractivity contribution in [2.75, 3.05) is 11.6 Å². The van der Waals surface area contributed by atoms with Gasteiger partial charge in [0.15, 0.2) is 0 Å². The number of benzene rings is 1. The standard InChI is InChI=1S/C19H16ClN5O3S2/c1-11-8-13(12(2)25(11)16-7-5-4-6-15(16)20)9-14(10-21)17(26)22-18-23-24-19(29-18)30(3,27)28/h4-9H,1-3H3,(H,22,23,26). The number of aryl methyl sites for hydroxylation is 1. The summed E-state index contributed by atoms with van der Waals surface area (Å²) in [6.45, 7) is 3.76. The number of amides is 1. The van der Waals surface area contributed by atoms with Crippen molar-refractivity contribution in [2.45, 2.75) is 18.2 Å². The van der Waals surface area contributed by atoms with Crippen LogP contribution in [0.5, 0.6) is 0 Å². The van der Waals surface area contributed by atoms with E-state index in [0.717, 1.165) is 23.3 Å². The molecule has 3 rings (SSSR count). The maximum Gasteiger partial charge on any atom is 0.268 e. The fraction of sp³-hybridized carbons (Fsp3) is 0.158. The molecule has 0 radical (unpaired) electrons. The van der Waals surface area contributed by atoms with Crippen molar-refractivity contribution in [3.05, 3.63) is 57.9 Å². The van der Waals surface area contributed by atoms with E-state index >= 15 is 0 Å². The fourth-order valence-electron chi connectivity index (χ4n) is 2.82. The Morgan fingerprint density at radius 1 is 1.30 bits per heavy atom. The second kappa shape index (κ2) is 8.39. The normalized spacial score (nSPS) is 11.9. The van der Waals surface area contributed by atoms with Crippen LogP contribution in [0.25, 0.3) is 11.8 Å². The molecule has 0 fully saturated rings. The Kier molecular flexibility index (Phi) is 6.07. The lowest BCUT2D eigenvalue weighted by Gasteiger charge is -2.11. The van der Waals surface area contributed by atoms with Gasteiger partial charge < -0.3 is 4.57 Å². The first-order chi connectivity index (χ1) is 14.1. The number of para-hydroxylation sites is 1. The van der Waals surface area contributed by atoms with Gasteiger partial charge in [-0.15, -0.1) is 10.2 Å². The van der Waals surface area contributed by atoms with Crippen LogP contribution >= 0.6 is 22.9 Å². The molecule has 8 nitrogen and oxygen atoms in total. The average molecular weight is 462 g/mol. The van der Waals surface area contributed by atoms with Crippen molar-refractivity contribution in [3.63, 3.8) is 0 Å². The lowest BCUT2D eigenvalue weighted by Crippen LogP contribution is -2.13. The Bertz CT molecular complexity index is 1320. The summed E-state index contributed by atoms with van der Waals surface area (Å²) in [5.74, 6) is -0.712. The quantitative estimate of drug-likeness (QED) is 0.352. The molecule has 1 amide bonds. The van der Waals surface area contributed by atoms with Crippen LogP contribution in [0.15, 0.2) is 40.2 Å². The van der Waals surface area contributed by atoms with Gasteiger partial charge in [-0.05, 0) is 43.7 Å². The number of rotatable bonds is 5. The minimum atomic E-state index is -3.53. The number of carbonyl (C=O) groups is 1. The van der Waals surface area contributed by atoms with Gasteiger partial charge in [-0.1, -0.05) is 35.1 Å². The maximum atomic E-state index is 12.5. The van der Waals surface area contributed by atoms with Crippen molar-refractivity contribution >= 4 is 49.9 Å². The minimum absolute atomic E-state index is 0.0110. The molecule has 2 aromatic heterocycles. The number of sulfone groups is 1. The number of halogens is 1. The topological polar surface area (TPSA) is 118 Å². The molecule has 1 N–H and O–H groups in total. The summed E-state index contributed by atoms with van der Waals surface area (Å²) in [4.78, 5) is 12.5. The van der Waals surface area contributed by atoms with E-state index in [2.05, 4.69) is 15.5 Å². The first-order valence-corrected chi connectivity index (χ1v) is 11.6. The molecule has 3 aromatic rings. The third-order valence-electron chi connectivity index (χ3n) is 4.17. The molecule has 154 valence electrons. The Hall–Kier alpha value is -3.00. The van der Waals surface area contributed by atoms with Crippen LogP contribution in [0.3, 0.4) is 0 Å². The highest BCUT2D eigenvalue weighted by Crippen LogP contribution is 2.27. The molecule has 0 aliphatic heterocycles. The lowest BCUT2D eigenvalue weighted by molar-refractivity contribution is -0.112. The highest BCUT2D eigenvalue weighted by molar-refractivity contribution is 7.92. The van der Waals surface area contributed by atoms with Gasteiger partial charge in [0.25, 0.3) is 5.91 Å². The van der Waals surface area contributed by atoms with E-state index in [1.54, 1.807) is 6.07 Å². The van der Waals surface area contributed by atoms with Crippen LogP contribution in [0, 0.1) is 25.2 Å². The second-order valence-corrected chi connectivity index (χ2v) is 9.96. The molecule has 0 saturated carbocycles. The molecule has 0 unspecified atom stereocenters. The Morgan fingerprint density at radius 3 is 2.60 bits per heavy atom. The van der Waals surface area contributed by atoms with Gasteiger partial charge in [0.1, 0.15) is 11.6 Å². The van der Waals surface area contributed by atoms with Gasteiger partial charge in [-0.3, -0.25) is 10.1 Å². The number of nitriles is 1. The van der Waals surface area contributed by atoms with E-state index < -0.39 is 15.7 Å². The Morgan fingerprint density at radius 2 is 2.00 bits per heavy atom. The molecule has 0 atom stereocenters. The molecule has 0 saturated heterocycles. The van der Waals surface area contributed by atoms with Crippen molar-refractivity contribution in [2.24, 2.45) is 0 Å². The molecule has 0 aliphatic carbocycles. The molecule has 0 aliphatic rings. The predicted molar refractivity (Wildman–Crippen MR) is 115 cm³/mol. The summed E-state index contributed by atoms with van der Waals surface area (Å²) in [6.07, 6.45) is 2.46. The van der Waals surface area contributed by atoms with Gasteiger partial charge in [0.2, 0.25) is 19.3 Å². The van der Waals surface area contributed by atoms with Gasteiger partial charge in [0.05, 0.1) is 10.7 Å². The molecule has 0 bridgehead atoms. The monoisotopic (exact) mass is 461 g/mol. The van der Waals surface area contributed by atoms with E-state index in [9.17, 15) is 18.5 Å². The summed E-state index contributed by atoms with van der Waals surface area (Å²) in [5.41, 5.74) is 2.99. The highest BCUT2D eigenvalue weighted by Gasteiger charge is 2.18. The van der Waals surface area contributed by atoms with Gasteiger partial charge in [-0.2, -0.15) is 5.26 Å². The van der Waals surface area contributed by atoms with Crippen LogP contribution in [0.1, 0.15) is 17.0 Å². The minimum Gasteiger partial charge on any atom is -0.316 e. The fourth-order valence-corrected chi connectivity index (χ4v) is 4.54. The Balaban J connectivity index is 1.92. The molecule has 11 heteroatoms. The summed E-state index contributed by atoms with van der Waals surface area (Å²) in [5, 5.41) is 19.6. The molecular formula is C19H16ClN5O3S2. The van der Waals surface area contributed by atoms with Crippen molar-refractivity contribution in [1.82, 2.24) is 14.8 Å². The second-order valence-electron chi connectivity index (χ2n) is 6.38. The van der Waals surface area contributed by atoms with E-state index in [4.69, 9.17) is 11.6 Å². The van der Waals surface area contributed by atoms with Crippen LogP contribution < -0.4 is 5.32 Å². The van der Waals surface area contributed by atoms with Gasteiger partial charge in [-0.25, -0.2) is 8.42 Å². The zero-order chi connectivity index (χ0) is 22.1. The first-order valence-electron chi connectivity index (χ1n) is 8.52. The predicted octanol–water partition coefficient (Wildman–Crippen LogP) is 3.55. The van der Waals surface area contributed by atoms with Crippen LogP contribution in [-0.2, 0) is 14.6 Å². The SMILES string of the molecule is Cc1cc(C=C(C#N)C(=O)Nc2nnc(S(C)(=O)=O)s2)c(C)n1-c1ccccc1Cl. The van der Waals surface area contributed by atoms with Crippen LogP contribution in [0.4, 0.5) is 5.13 Å². The first kappa shape index (κ1) is 21.7. The highest BCUT2D eigenvalue weighted by atomic mass is 35.5. The van der Waals surface area contributed by atoms with Crippen LogP contribution in [0.2, 0.25) is 5.02 Å². The zero-order valence-electron chi connectivity index (χ0n) is 16.2. The number of anilines is 1. The number of aromatic nitrogens is 3. The van der Waals surface area contributed by atoms with E-state index in [1.807, 2.05) is 48.7 Å². The van der Waals surface area contributed by atoms with Crippen LogP contribution in [-0.4, -0.2) is 35.3 Å². The van der Waals surface area contributed by atoms with E-state index in [1.165, 1.54) is 6.08 Å². The van der Waals surface area contributed by atoms with E-state index in [0.29, 0.717) is 21.9 Å². The average Bonchev–Trinajstić information content (AvgIpc) is 3.25. The van der Waals surface area contributed by atoms with Gasteiger partial charge >= 0.3 is 0 Å². The third kappa shape index (κ3) is 4.43. The number of nitrogens with one attached hydrogen (secondary N) is 1. The van der Waals surface area contributed by atoms with E-state index in [-0.39, 0.29) is 15.0 Å². The molecule has 2 heterocycles. The summed E-state index contributed by atoms with van der Waals surface area (Å²) >= 11 is 7.03. The number of hydrogen-bond donors (Lipinski definition) is 1. The number of hydrogen-bond acceptors (Lipinski definition) is 7. The van der Waals surface area contributed by atoms with Crippen molar-refractivity contribution < 1.29 is 13.2 Å². The molecule has 0 spiro atoms. The number of carbonyl (C=O) groups excluding carboxylic acids is 1. The molecule has 1 aromatic carbocycles. The molecule has 30 heavy (non-hydrogen) atoms. The third-order valence-corrected chi connectivity index (χ3v) is 7.00. The Labute approximate surface area is 182 Å². The van der Waals surface area contributed by atoms with Gasteiger partial charge in [0, 0.05) is 17.6 Å². The zero-order valence-corrected chi connectivity index (χ0v) is 18.6. The maximum absolute atomic E-state index is 12.5. The summed E-state index contributed by atoms with van der Waals surface area (Å²) in [6, 6.07) is 11.1. The summed E-state index contributed by atoms with van der Waals surface area (Å²) in [7, 11) is -3.53. The largest absolute Gasteiger partial charge is 0.316 e. The van der Waals surface area contributed by atoms with Crippen molar-refractivity contribution in [3.8, 4) is 11.8 Å². The van der Waals surface area contributed by atoms with Crippen molar-refractivity contribution in [1.29, 1.82) is 5.26 Å². The lowest BCUT2D eigenvalue weighted by atomic mass is 10.1. The number of nitrogens with zero attached hydrogens (tertiary/aromatic N) is 4. The molecular weight excluding hydrogens is 446 g/mol. The summed E-state index contributed by atoms with van der Waals surface area (Å²) < 4.78 is 24.7.